The lowest BCUT2D eigenvalue weighted by molar-refractivity contribution is 0.0705. The summed E-state index contributed by atoms with van der Waals surface area (Å²) in [6, 6.07) is 0.228. The van der Waals surface area contributed by atoms with Gasteiger partial charge in [0.1, 0.15) is 0 Å². The highest BCUT2D eigenvalue weighted by Crippen LogP contribution is 2.10. The van der Waals surface area contributed by atoms with Crippen LogP contribution in [0.15, 0.2) is 0 Å². The van der Waals surface area contributed by atoms with Crippen LogP contribution in [0.5, 0.6) is 6.01 Å². The average molecular weight is 285 g/mol. The summed E-state index contributed by atoms with van der Waals surface area (Å²) >= 11 is 0. The Bertz CT molecular complexity index is 389. The fourth-order valence-corrected chi connectivity index (χ4v) is 1.33. The normalized spacial score (nSPS) is 10.8. The molecule has 8 heteroatoms. The van der Waals surface area contributed by atoms with Gasteiger partial charge >= 0.3 is 6.01 Å². The van der Waals surface area contributed by atoms with Crippen molar-refractivity contribution in [1.29, 1.82) is 0 Å². The van der Waals surface area contributed by atoms with Gasteiger partial charge in [0.15, 0.2) is 0 Å². The van der Waals surface area contributed by atoms with E-state index in [9.17, 15) is 0 Å². The molecule has 0 aliphatic heterocycles. The van der Waals surface area contributed by atoms with Gasteiger partial charge in [0, 0.05) is 20.3 Å². The molecule has 1 heterocycles. The summed E-state index contributed by atoms with van der Waals surface area (Å²) < 4.78 is 15.6. The molecular weight excluding hydrogens is 262 g/mol. The maximum Gasteiger partial charge on any atom is 0.323 e. The van der Waals surface area contributed by atoms with Crippen LogP contribution in [0.4, 0.5) is 11.9 Å². The van der Waals surface area contributed by atoms with Crippen molar-refractivity contribution in [2.75, 3.05) is 44.5 Å². The van der Waals surface area contributed by atoms with Gasteiger partial charge in [-0.05, 0) is 20.3 Å². The summed E-state index contributed by atoms with van der Waals surface area (Å²) in [4.78, 5) is 12.0. The minimum absolute atomic E-state index is 0.0150. The molecule has 1 aromatic rings. The molecule has 0 spiro atoms. The number of hydrogen-bond acceptors (Lipinski definition) is 8. The zero-order valence-electron chi connectivity index (χ0n) is 12.3. The van der Waals surface area contributed by atoms with Crippen LogP contribution >= 0.6 is 0 Å². The van der Waals surface area contributed by atoms with Gasteiger partial charge in [-0.1, -0.05) is 0 Å². The first-order chi connectivity index (χ1) is 9.61. The standard InChI is InChI=1S/C12H23N5O3/c1-9(2)20-12-16-10(13)15-11(17-12)14-5-4-6-19-8-7-18-3/h9H,4-8H2,1-3H3,(H3,13,14,15,16,17). The molecule has 0 aliphatic rings. The number of nitrogens with one attached hydrogen (secondary N) is 1. The van der Waals surface area contributed by atoms with Gasteiger partial charge in [0.25, 0.3) is 0 Å². The lowest BCUT2D eigenvalue weighted by atomic mass is 10.4. The molecule has 20 heavy (non-hydrogen) atoms. The Morgan fingerprint density at radius 2 is 1.95 bits per heavy atom. The largest absolute Gasteiger partial charge is 0.461 e. The minimum Gasteiger partial charge on any atom is -0.461 e. The van der Waals surface area contributed by atoms with E-state index in [4.69, 9.17) is 19.9 Å². The van der Waals surface area contributed by atoms with E-state index in [0.29, 0.717) is 32.3 Å². The molecule has 1 aromatic heterocycles. The van der Waals surface area contributed by atoms with E-state index >= 15 is 0 Å². The molecular formula is C12H23N5O3. The quantitative estimate of drug-likeness (QED) is 0.605. The van der Waals surface area contributed by atoms with Gasteiger partial charge in [0.2, 0.25) is 11.9 Å². The van der Waals surface area contributed by atoms with Crippen LogP contribution in [0.25, 0.3) is 0 Å². The van der Waals surface area contributed by atoms with Crippen LogP contribution < -0.4 is 15.8 Å². The molecule has 0 unspecified atom stereocenters. The molecule has 8 nitrogen and oxygen atoms in total. The number of rotatable bonds is 10. The summed E-state index contributed by atoms with van der Waals surface area (Å²) in [5.74, 6) is 0.541. The lowest BCUT2D eigenvalue weighted by Gasteiger charge is -2.10. The molecule has 0 atom stereocenters. The first kappa shape index (κ1) is 16.4. The van der Waals surface area contributed by atoms with Gasteiger partial charge in [-0.15, -0.1) is 0 Å². The van der Waals surface area contributed by atoms with E-state index < -0.39 is 0 Å². The molecule has 0 amide bonds. The number of nitrogens with two attached hydrogens (primary N) is 1. The third-order valence-corrected chi connectivity index (χ3v) is 2.15. The maximum absolute atomic E-state index is 5.60. The van der Waals surface area contributed by atoms with Crippen molar-refractivity contribution < 1.29 is 14.2 Å². The SMILES string of the molecule is COCCOCCCNc1nc(N)nc(OC(C)C)n1. The second kappa shape index (κ2) is 9.27. The highest BCUT2D eigenvalue weighted by molar-refractivity contribution is 5.32. The molecule has 0 saturated heterocycles. The molecule has 0 saturated carbocycles. The van der Waals surface area contributed by atoms with E-state index in [2.05, 4.69) is 20.3 Å². The van der Waals surface area contributed by atoms with Crippen molar-refractivity contribution in [3.8, 4) is 6.01 Å². The molecule has 0 bridgehead atoms. The van der Waals surface area contributed by atoms with Crippen molar-refractivity contribution in [1.82, 2.24) is 15.0 Å². The van der Waals surface area contributed by atoms with Crippen LogP contribution in [0.2, 0.25) is 0 Å². The summed E-state index contributed by atoms with van der Waals surface area (Å²) in [5, 5.41) is 3.06. The molecule has 0 aromatic carbocycles. The van der Waals surface area contributed by atoms with Gasteiger partial charge in [-0.25, -0.2) is 0 Å². The third kappa shape index (κ3) is 7.05. The Kier molecular flexibility index (Phi) is 7.59. The van der Waals surface area contributed by atoms with Crippen LogP contribution in [0.1, 0.15) is 20.3 Å². The molecule has 114 valence electrons. The van der Waals surface area contributed by atoms with Crippen molar-refractivity contribution in [3.63, 3.8) is 0 Å². The van der Waals surface area contributed by atoms with Crippen LogP contribution in [-0.2, 0) is 9.47 Å². The Hall–Kier alpha value is -1.67. The first-order valence-electron chi connectivity index (χ1n) is 6.60. The van der Waals surface area contributed by atoms with Crippen LogP contribution in [-0.4, -0.2) is 54.5 Å². The first-order valence-corrected chi connectivity index (χ1v) is 6.60. The molecule has 0 radical (unpaired) electrons. The number of methoxy groups -OCH3 is 1. The van der Waals surface area contributed by atoms with E-state index in [0.717, 1.165) is 6.42 Å². The second-order valence-electron chi connectivity index (χ2n) is 4.35. The van der Waals surface area contributed by atoms with Crippen LogP contribution in [0, 0.1) is 0 Å². The molecule has 0 fully saturated rings. The van der Waals surface area contributed by atoms with Crippen LogP contribution in [0.3, 0.4) is 0 Å². The molecule has 0 aliphatic carbocycles. The van der Waals surface area contributed by atoms with E-state index in [1.807, 2.05) is 13.8 Å². The maximum atomic E-state index is 5.60. The zero-order chi connectivity index (χ0) is 14.8. The Morgan fingerprint density at radius 3 is 2.65 bits per heavy atom. The smallest absolute Gasteiger partial charge is 0.323 e. The van der Waals surface area contributed by atoms with Gasteiger partial charge in [0.05, 0.1) is 19.3 Å². The molecule has 3 N–H and O–H groups in total. The Labute approximate surface area is 119 Å². The fourth-order valence-electron chi connectivity index (χ4n) is 1.33. The fraction of sp³-hybridized carbons (Fsp3) is 0.750. The van der Waals surface area contributed by atoms with E-state index in [1.54, 1.807) is 7.11 Å². The average Bonchev–Trinajstić information content (AvgIpc) is 2.36. The van der Waals surface area contributed by atoms with Crippen molar-refractivity contribution >= 4 is 11.9 Å². The topological polar surface area (TPSA) is 104 Å². The Balaban J connectivity index is 2.30. The van der Waals surface area contributed by atoms with E-state index in [-0.39, 0.29) is 18.1 Å². The number of nitrogen functional groups attached to an aromatic ring is 1. The highest BCUT2D eigenvalue weighted by atomic mass is 16.5. The summed E-state index contributed by atoms with van der Waals surface area (Å²) in [6.07, 6.45) is 0.814. The van der Waals surface area contributed by atoms with E-state index in [1.165, 1.54) is 0 Å². The lowest BCUT2D eigenvalue weighted by Crippen LogP contribution is -2.14. The van der Waals surface area contributed by atoms with Gasteiger partial charge < -0.3 is 25.3 Å². The number of hydrogen-bond donors (Lipinski definition) is 2. The summed E-state index contributed by atoms with van der Waals surface area (Å²) in [6.45, 7) is 6.31. The number of ether oxygens (including phenoxy) is 3. The number of aromatic nitrogens is 3. The third-order valence-electron chi connectivity index (χ3n) is 2.15. The zero-order valence-corrected chi connectivity index (χ0v) is 12.3. The summed E-state index contributed by atoms with van der Waals surface area (Å²) in [7, 11) is 1.65. The van der Waals surface area contributed by atoms with Crippen molar-refractivity contribution in [2.24, 2.45) is 0 Å². The van der Waals surface area contributed by atoms with Gasteiger partial charge in [-0.3, -0.25) is 0 Å². The number of nitrogens with zero attached hydrogens (tertiary/aromatic N) is 3. The van der Waals surface area contributed by atoms with Crippen molar-refractivity contribution in [2.45, 2.75) is 26.4 Å². The Morgan fingerprint density at radius 1 is 1.15 bits per heavy atom. The predicted molar refractivity (Wildman–Crippen MR) is 75.8 cm³/mol. The van der Waals surface area contributed by atoms with Crippen molar-refractivity contribution in [3.05, 3.63) is 0 Å². The van der Waals surface area contributed by atoms with Gasteiger partial charge in [-0.2, -0.15) is 15.0 Å². The molecule has 1 rings (SSSR count). The number of anilines is 2. The summed E-state index contributed by atoms with van der Waals surface area (Å²) in [5.41, 5.74) is 5.60. The second-order valence-corrected chi connectivity index (χ2v) is 4.35. The monoisotopic (exact) mass is 285 g/mol. The highest BCUT2D eigenvalue weighted by Gasteiger charge is 2.06. The predicted octanol–water partition coefficient (Wildman–Crippen LogP) is 0.706. The minimum atomic E-state index is -0.0150.